The molecule has 0 saturated heterocycles. The maximum absolute atomic E-state index is 12.7. The van der Waals surface area contributed by atoms with Crippen molar-refractivity contribution in [2.75, 3.05) is 18.5 Å². The molecule has 0 atom stereocenters. The molecule has 2 N–H and O–H groups in total. The summed E-state index contributed by atoms with van der Waals surface area (Å²) in [6.45, 7) is 1.09. The second-order valence-electron chi connectivity index (χ2n) is 7.26. The molecule has 0 heterocycles. The highest BCUT2D eigenvalue weighted by Crippen LogP contribution is 2.45. The van der Waals surface area contributed by atoms with Crippen LogP contribution in [-0.2, 0) is 24.5 Å². The number of carbonyl (C=O) groups is 3. The van der Waals surface area contributed by atoms with Crippen molar-refractivity contribution in [1.29, 1.82) is 0 Å². The maximum Gasteiger partial charge on any atom is 0.317 e. The lowest BCUT2D eigenvalue weighted by atomic mass is 9.64. The number of rotatable bonds is 7. The average molecular weight is 449 g/mol. The van der Waals surface area contributed by atoms with Crippen LogP contribution in [0.1, 0.15) is 30.4 Å². The van der Waals surface area contributed by atoms with Crippen LogP contribution in [0.25, 0.3) is 0 Å². The molecule has 0 unspecified atom stereocenters. The Bertz CT molecular complexity index is 956. The molecule has 30 heavy (non-hydrogen) atoms. The average Bonchev–Trinajstić information content (AvgIpc) is 2.69. The van der Waals surface area contributed by atoms with Gasteiger partial charge in [0.25, 0.3) is 5.91 Å². The zero-order valence-electron chi connectivity index (χ0n) is 16.5. The molecule has 0 aromatic heterocycles. The number of hydrogen-bond acceptors (Lipinski definition) is 4. The van der Waals surface area contributed by atoms with Gasteiger partial charge in [-0.25, -0.2) is 0 Å². The number of halogens is 2. The van der Waals surface area contributed by atoms with Crippen molar-refractivity contribution in [1.82, 2.24) is 5.32 Å². The second-order valence-corrected chi connectivity index (χ2v) is 8.10. The third-order valence-electron chi connectivity index (χ3n) is 5.32. The molecule has 8 heteroatoms. The van der Waals surface area contributed by atoms with Crippen molar-refractivity contribution in [2.24, 2.45) is 0 Å². The molecule has 0 radical (unpaired) electrons. The second kappa shape index (κ2) is 9.49. The minimum atomic E-state index is -0.730. The fraction of sp³-hybridized carbons (Fsp3) is 0.318. The number of benzene rings is 2. The van der Waals surface area contributed by atoms with Crippen LogP contribution in [0.4, 0.5) is 5.69 Å². The largest absolute Gasteiger partial charge is 0.455 e. The summed E-state index contributed by atoms with van der Waals surface area (Å²) in [6.07, 6.45) is 2.24. The van der Waals surface area contributed by atoms with Gasteiger partial charge in [-0.15, -0.1) is 0 Å². The lowest BCUT2D eigenvalue weighted by Gasteiger charge is -2.39. The van der Waals surface area contributed by atoms with Crippen molar-refractivity contribution >= 4 is 46.7 Å². The van der Waals surface area contributed by atoms with Crippen molar-refractivity contribution in [3.05, 3.63) is 63.6 Å². The first-order valence-electron chi connectivity index (χ1n) is 9.57. The van der Waals surface area contributed by atoms with E-state index in [0.717, 1.165) is 17.5 Å². The van der Waals surface area contributed by atoms with E-state index in [-0.39, 0.29) is 6.54 Å². The van der Waals surface area contributed by atoms with E-state index in [1.165, 1.54) is 0 Å². The number of amides is 2. The molecule has 2 amide bonds. The Morgan fingerprint density at radius 2 is 1.73 bits per heavy atom. The Morgan fingerprint density at radius 3 is 2.37 bits per heavy atom. The Morgan fingerprint density at radius 1 is 1.03 bits per heavy atom. The lowest BCUT2D eigenvalue weighted by molar-refractivity contribution is -0.157. The molecule has 0 bridgehead atoms. The third-order valence-corrected chi connectivity index (χ3v) is 5.98. The minimum Gasteiger partial charge on any atom is -0.455 e. The van der Waals surface area contributed by atoms with Gasteiger partial charge in [0.15, 0.2) is 6.61 Å². The number of esters is 1. The summed E-state index contributed by atoms with van der Waals surface area (Å²) in [6, 6.07) is 12.3. The van der Waals surface area contributed by atoms with E-state index in [9.17, 15) is 14.4 Å². The Balaban J connectivity index is 1.48. The monoisotopic (exact) mass is 448 g/mol. The SMILES string of the molecule is Cc1c(Cl)cccc1NC(=O)CNC(=O)COC(=O)C1(c2ccc(Cl)cc2)CCC1. The fourth-order valence-corrected chi connectivity index (χ4v) is 3.65. The topological polar surface area (TPSA) is 84.5 Å². The van der Waals surface area contributed by atoms with E-state index in [1.54, 1.807) is 37.3 Å². The van der Waals surface area contributed by atoms with Crippen molar-refractivity contribution in [3.63, 3.8) is 0 Å². The Labute approximate surface area is 184 Å². The first-order chi connectivity index (χ1) is 14.3. The van der Waals surface area contributed by atoms with Crippen molar-refractivity contribution in [2.45, 2.75) is 31.6 Å². The number of carbonyl (C=O) groups excluding carboxylic acids is 3. The molecule has 2 aromatic carbocycles. The lowest BCUT2D eigenvalue weighted by Crippen LogP contribution is -2.45. The quantitative estimate of drug-likeness (QED) is 0.626. The number of anilines is 1. The van der Waals surface area contributed by atoms with E-state index >= 15 is 0 Å². The van der Waals surface area contributed by atoms with Crippen LogP contribution in [0.3, 0.4) is 0 Å². The first-order valence-corrected chi connectivity index (χ1v) is 10.3. The summed E-state index contributed by atoms with van der Waals surface area (Å²) in [5.41, 5.74) is 1.41. The number of hydrogen-bond donors (Lipinski definition) is 2. The van der Waals surface area contributed by atoms with Crippen LogP contribution in [-0.4, -0.2) is 30.9 Å². The van der Waals surface area contributed by atoms with Gasteiger partial charge in [-0.2, -0.15) is 0 Å². The summed E-state index contributed by atoms with van der Waals surface area (Å²) in [5, 5.41) is 6.26. The molecule has 3 rings (SSSR count). The van der Waals surface area contributed by atoms with Gasteiger partial charge >= 0.3 is 5.97 Å². The zero-order chi connectivity index (χ0) is 21.7. The van der Waals surface area contributed by atoms with Gasteiger partial charge in [0.05, 0.1) is 12.0 Å². The van der Waals surface area contributed by atoms with E-state index in [4.69, 9.17) is 27.9 Å². The van der Waals surface area contributed by atoms with E-state index < -0.39 is 29.8 Å². The molecule has 1 aliphatic carbocycles. The Hall–Kier alpha value is -2.57. The van der Waals surface area contributed by atoms with Crippen LogP contribution in [0.15, 0.2) is 42.5 Å². The van der Waals surface area contributed by atoms with Gasteiger partial charge in [0, 0.05) is 15.7 Å². The van der Waals surface area contributed by atoms with E-state index in [0.29, 0.717) is 28.6 Å². The van der Waals surface area contributed by atoms with Gasteiger partial charge in [0.1, 0.15) is 0 Å². The van der Waals surface area contributed by atoms with Crippen molar-refractivity contribution < 1.29 is 19.1 Å². The van der Waals surface area contributed by atoms with Crippen LogP contribution in [0, 0.1) is 6.92 Å². The van der Waals surface area contributed by atoms with Gasteiger partial charge in [-0.05, 0) is 55.2 Å². The molecule has 158 valence electrons. The molecular weight excluding hydrogens is 427 g/mol. The maximum atomic E-state index is 12.7. The molecule has 0 aliphatic heterocycles. The molecule has 1 fully saturated rings. The van der Waals surface area contributed by atoms with Gasteiger partial charge in [-0.3, -0.25) is 14.4 Å². The van der Waals surface area contributed by atoms with E-state index in [2.05, 4.69) is 10.6 Å². The van der Waals surface area contributed by atoms with Crippen molar-refractivity contribution in [3.8, 4) is 0 Å². The first kappa shape index (κ1) is 22.1. The molecule has 2 aromatic rings. The van der Waals surface area contributed by atoms with Crippen LogP contribution >= 0.6 is 23.2 Å². The summed E-state index contributed by atoms with van der Waals surface area (Å²) in [5.74, 6) is -1.39. The highest BCUT2D eigenvalue weighted by atomic mass is 35.5. The molecule has 1 saturated carbocycles. The Kier molecular flexibility index (Phi) is 7.00. The molecule has 6 nitrogen and oxygen atoms in total. The summed E-state index contributed by atoms with van der Waals surface area (Å²) in [7, 11) is 0. The number of ether oxygens (including phenoxy) is 1. The van der Waals surface area contributed by atoms with Gasteiger partial charge < -0.3 is 15.4 Å². The third kappa shape index (κ3) is 4.94. The predicted molar refractivity (Wildman–Crippen MR) is 116 cm³/mol. The normalized spacial score (nSPS) is 14.4. The molecule has 1 aliphatic rings. The van der Waals surface area contributed by atoms with Gasteiger partial charge in [-0.1, -0.05) is 47.8 Å². The summed E-state index contributed by atoms with van der Waals surface area (Å²) < 4.78 is 5.25. The summed E-state index contributed by atoms with van der Waals surface area (Å²) >= 11 is 11.9. The van der Waals surface area contributed by atoms with Crippen LogP contribution in [0.5, 0.6) is 0 Å². The minimum absolute atomic E-state index is 0.245. The van der Waals surface area contributed by atoms with E-state index in [1.807, 2.05) is 12.1 Å². The molecular formula is C22H22Cl2N2O4. The highest BCUT2D eigenvalue weighted by molar-refractivity contribution is 6.31. The van der Waals surface area contributed by atoms with Crippen LogP contribution in [0.2, 0.25) is 10.0 Å². The summed E-state index contributed by atoms with van der Waals surface area (Å²) in [4.78, 5) is 36.8. The van der Waals surface area contributed by atoms with Gasteiger partial charge in [0.2, 0.25) is 5.91 Å². The predicted octanol–water partition coefficient (Wildman–Crippen LogP) is 4.02. The van der Waals surface area contributed by atoms with Crippen LogP contribution < -0.4 is 10.6 Å². The fourth-order valence-electron chi connectivity index (χ4n) is 3.35. The molecule has 0 spiro atoms. The number of nitrogens with one attached hydrogen (secondary N) is 2. The zero-order valence-corrected chi connectivity index (χ0v) is 18.0. The smallest absolute Gasteiger partial charge is 0.317 e. The standard InChI is InChI=1S/C22H22Cl2N2O4/c1-14-17(24)4-2-5-18(14)26-19(27)12-25-20(28)13-30-21(29)22(10-3-11-22)15-6-8-16(23)9-7-15/h2,4-9H,3,10-13H2,1H3,(H,25,28)(H,26,27). The highest BCUT2D eigenvalue weighted by Gasteiger charge is 2.47.